The van der Waals surface area contributed by atoms with E-state index in [1.165, 1.54) is 42.1 Å². The number of H-pyrrole nitrogens is 1. The molecule has 0 radical (unpaired) electrons. The Bertz CT molecular complexity index is 525. The monoisotopic (exact) mass is 272 g/mol. The van der Waals surface area contributed by atoms with Crippen LogP contribution in [0.25, 0.3) is 10.9 Å². The van der Waals surface area contributed by atoms with E-state index in [0.717, 1.165) is 13.1 Å². The third kappa shape index (κ3) is 4.38. The van der Waals surface area contributed by atoms with Gasteiger partial charge in [0, 0.05) is 24.8 Å². The van der Waals surface area contributed by atoms with E-state index in [1.807, 2.05) is 6.20 Å². The SMILES string of the molecule is CCCCCC(C)(C)CNCc1ccc2[nH]ccc2c1. The van der Waals surface area contributed by atoms with Crippen molar-refractivity contribution in [1.82, 2.24) is 10.3 Å². The molecular formula is C18H28N2. The molecule has 0 atom stereocenters. The average molecular weight is 272 g/mol. The van der Waals surface area contributed by atoms with Crippen molar-refractivity contribution in [3.8, 4) is 0 Å². The zero-order chi connectivity index (χ0) is 14.4. The number of unbranched alkanes of at least 4 members (excludes halogenated alkanes) is 2. The number of fused-ring (bicyclic) bond motifs is 1. The van der Waals surface area contributed by atoms with Gasteiger partial charge in [0.2, 0.25) is 0 Å². The van der Waals surface area contributed by atoms with Gasteiger partial charge in [-0.2, -0.15) is 0 Å². The van der Waals surface area contributed by atoms with E-state index in [2.05, 4.69) is 55.3 Å². The van der Waals surface area contributed by atoms with Gasteiger partial charge in [-0.1, -0.05) is 46.1 Å². The predicted molar refractivity (Wildman–Crippen MR) is 87.9 cm³/mol. The highest BCUT2D eigenvalue weighted by atomic mass is 14.9. The summed E-state index contributed by atoms with van der Waals surface area (Å²) in [5.41, 5.74) is 2.97. The molecule has 0 saturated carbocycles. The zero-order valence-electron chi connectivity index (χ0n) is 13.1. The molecule has 1 aromatic heterocycles. The number of nitrogens with one attached hydrogen (secondary N) is 2. The predicted octanol–water partition coefficient (Wildman–Crippen LogP) is 4.86. The lowest BCUT2D eigenvalue weighted by Crippen LogP contribution is -2.29. The largest absolute Gasteiger partial charge is 0.361 e. The normalized spacial score (nSPS) is 12.2. The highest BCUT2D eigenvalue weighted by Gasteiger charge is 2.16. The minimum Gasteiger partial charge on any atom is -0.361 e. The van der Waals surface area contributed by atoms with Gasteiger partial charge in [0.15, 0.2) is 0 Å². The lowest BCUT2D eigenvalue weighted by Gasteiger charge is -2.25. The fraction of sp³-hybridized carbons (Fsp3) is 0.556. The number of hydrogen-bond donors (Lipinski definition) is 2. The van der Waals surface area contributed by atoms with Crippen LogP contribution in [0.3, 0.4) is 0 Å². The van der Waals surface area contributed by atoms with E-state index in [1.54, 1.807) is 0 Å². The quantitative estimate of drug-likeness (QED) is 0.660. The van der Waals surface area contributed by atoms with E-state index < -0.39 is 0 Å². The van der Waals surface area contributed by atoms with Gasteiger partial charge in [-0.15, -0.1) is 0 Å². The van der Waals surface area contributed by atoms with Crippen LogP contribution in [-0.4, -0.2) is 11.5 Å². The molecule has 2 nitrogen and oxygen atoms in total. The second-order valence-corrected chi connectivity index (χ2v) is 6.62. The molecule has 0 spiro atoms. The Labute approximate surface area is 123 Å². The Morgan fingerprint density at radius 1 is 1.15 bits per heavy atom. The van der Waals surface area contributed by atoms with Crippen LogP contribution < -0.4 is 5.32 Å². The van der Waals surface area contributed by atoms with Crippen molar-refractivity contribution in [2.75, 3.05) is 6.54 Å². The summed E-state index contributed by atoms with van der Waals surface area (Å²) in [7, 11) is 0. The van der Waals surface area contributed by atoms with Crippen molar-refractivity contribution in [3.05, 3.63) is 36.0 Å². The molecule has 0 aliphatic heterocycles. The Morgan fingerprint density at radius 3 is 2.80 bits per heavy atom. The molecule has 0 aliphatic carbocycles. The molecule has 110 valence electrons. The fourth-order valence-corrected chi connectivity index (χ4v) is 2.70. The minimum atomic E-state index is 0.396. The molecule has 0 saturated heterocycles. The number of hydrogen-bond acceptors (Lipinski definition) is 1. The van der Waals surface area contributed by atoms with E-state index in [9.17, 15) is 0 Å². The first kappa shape index (κ1) is 15.1. The third-order valence-corrected chi connectivity index (χ3v) is 4.01. The maximum Gasteiger partial charge on any atom is 0.0454 e. The maximum absolute atomic E-state index is 3.62. The highest BCUT2D eigenvalue weighted by molar-refractivity contribution is 5.79. The summed E-state index contributed by atoms with van der Waals surface area (Å²) >= 11 is 0. The fourth-order valence-electron chi connectivity index (χ4n) is 2.70. The molecule has 0 aliphatic rings. The average Bonchev–Trinajstić information content (AvgIpc) is 2.86. The molecule has 0 amide bonds. The maximum atomic E-state index is 3.62. The summed E-state index contributed by atoms with van der Waals surface area (Å²) in [6.45, 7) is 9.04. The van der Waals surface area contributed by atoms with Crippen LogP contribution >= 0.6 is 0 Å². The van der Waals surface area contributed by atoms with E-state index in [4.69, 9.17) is 0 Å². The van der Waals surface area contributed by atoms with Gasteiger partial charge in [0.1, 0.15) is 0 Å². The highest BCUT2D eigenvalue weighted by Crippen LogP contribution is 2.23. The first-order valence-electron chi connectivity index (χ1n) is 7.87. The molecule has 0 unspecified atom stereocenters. The molecular weight excluding hydrogens is 244 g/mol. The molecule has 2 rings (SSSR count). The number of aromatic nitrogens is 1. The second-order valence-electron chi connectivity index (χ2n) is 6.62. The number of benzene rings is 1. The van der Waals surface area contributed by atoms with Crippen molar-refractivity contribution >= 4 is 10.9 Å². The Kier molecular flexibility index (Phi) is 5.24. The van der Waals surface area contributed by atoms with E-state index in [0.29, 0.717) is 5.41 Å². The zero-order valence-corrected chi connectivity index (χ0v) is 13.1. The van der Waals surface area contributed by atoms with Crippen LogP contribution in [0.4, 0.5) is 0 Å². The minimum absolute atomic E-state index is 0.396. The molecule has 2 N–H and O–H groups in total. The Hall–Kier alpha value is -1.28. The third-order valence-electron chi connectivity index (χ3n) is 4.01. The molecule has 0 fully saturated rings. The van der Waals surface area contributed by atoms with Gasteiger partial charge in [0.25, 0.3) is 0 Å². The second kappa shape index (κ2) is 6.94. The van der Waals surface area contributed by atoms with Crippen LogP contribution in [0.5, 0.6) is 0 Å². The Balaban J connectivity index is 1.79. The topological polar surface area (TPSA) is 27.8 Å². The lowest BCUT2D eigenvalue weighted by atomic mass is 9.87. The van der Waals surface area contributed by atoms with Crippen molar-refractivity contribution in [3.63, 3.8) is 0 Å². The van der Waals surface area contributed by atoms with Crippen LogP contribution in [0.2, 0.25) is 0 Å². The van der Waals surface area contributed by atoms with Crippen LogP contribution in [0.15, 0.2) is 30.5 Å². The van der Waals surface area contributed by atoms with Gasteiger partial charge >= 0.3 is 0 Å². The van der Waals surface area contributed by atoms with Gasteiger partial charge in [-0.05, 0) is 41.0 Å². The van der Waals surface area contributed by atoms with Gasteiger partial charge in [0.05, 0.1) is 0 Å². The summed E-state index contributed by atoms with van der Waals surface area (Å²) in [6.07, 6.45) is 7.32. The summed E-state index contributed by atoms with van der Waals surface area (Å²) in [6, 6.07) is 8.77. The lowest BCUT2D eigenvalue weighted by molar-refractivity contribution is 0.302. The first-order chi connectivity index (χ1) is 9.61. The van der Waals surface area contributed by atoms with E-state index in [-0.39, 0.29) is 0 Å². The molecule has 2 aromatic rings. The van der Waals surface area contributed by atoms with Gasteiger partial charge in [-0.3, -0.25) is 0 Å². The van der Waals surface area contributed by atoms with Crippen LogP contribution in [0.1, 0.15) is 52.0 Å². The van der Waals surface area contributed by atoms with Gasteiger partial charge in [-0.25, -0.2) is 0 Å². The summed E-state index contributed by atoms with van der Waals surface area (Å²) in [4.78, 5) is 3.24. The van der Waals surface area contributed by atoms with E-state index >= 15 is 0 Å². The molecule has 2 heteroatoms. The van der Waals surface area contributed by atoms with Crippen molar-refractivity contribution in [2.45, 2.75) is 53.0 Å². The van der Waals surface area contributed by atoms with Gasteiger partial charge < -0.3 is 10.3 Å². The molecule has 20 heavy (non-hydrogen) atoms. The van der Waals surface area contributed by atoms with Crippen molar-refractivity contribution < 1.29 is 0 Å². The Morgan fingerprint density at radius 2 is 2.00 bits per heavy atom. The van der Waals surface area contributed by atoms with Crippen LogP contribution in [-0.2, 0) is 6.54 Å². The standard InChI is InChI=1S/C18H28N2/c1-4-5-6-10-18(2,3)14-19-13-15-7-8-17-16(12-15)9-11-20-17/h7-9,11-12,19-20H,4-6,10,13-14H2,1-3H3. The first-order valence-corrected chi connectivity index (χ1v) is 7.87. The summed E-state index contributed by atoms with van der Waals surface area (Å²) < 4.78 is 0. The summed E-state index contributed by atoms with van der Waals surface area (Å²) in [5, 5.41) is 4.91. The molecule has 1 heterocycles. The molecule has 0 bridgehead atoms. The molecule has 1 aromatic carbocycles. The summed E-state index contributed by atoms with van der Waals surface area (Å²) in [5.74, 6) is 0. The smallest absolute Gasteiger partial charge is 0.0454 e. The number of aromatic amines is 1. The van der Waals surface area contributed by atoms with Crippen LogP contribution in [0, 0.1) is 5.41 Å². The number of rotatable bonds is 8. The van der Waals surface area contributed by atoms with Crippen molar-refractivity contribution in [2.24, 2.45) is 5.41 Å². The van der Waals surface area contributed by atoms with Crippen molar-refractivity contribution in [1.29, 1.82) is 0 Å².